The fourth-order valence-electron chi connectivity index (χ4n) is 5.15. The molecule has 1 aliphatic heterocycles. The molecule has 44 heavy (non-hydrogen) atoms. The molecule has 2 N–H and O–H groups in total. The van der Waals surface area contributed by atoms with Gasteiger partial charge in [-0.3, -0.25) is 19.5 Å². The molecule has 228 valence electrons. The first kappa shape index (κ1) is 29.0. The minimum absolute atomic E-state index is 0.0662. The first-order valence-electron chi connectivity index (χ1n) is 14.4. The lowest BCUT2D eigenvalue weighted by Crippen LogP contribution is -2.43. The van der Waals surface area contributed by atoms with Gasteiger partial charge in [0, 0.05) is 50.2 Å². The second-order valence-corrected chi connectivity index (χ2v) is 11.0. The molecule has 6 rings (SSSR count). The molecule has 3 aromatic rings. The summed E-state index contributed by atoms with van der Waals surface area (Å²) in [6.07, 6.45) is 8.16. The van der Waals surface area contributed by atoms with Crippen LogP contribution in [0.5, 0.6) is 5.75 Å². The van der Waals surface area contributed by atoms with Crippen LogP contribution in [-0.4, -0.2) is 50.1 Å². The molecule has 3 heterocycles. The Morgan fingerprint density at radius 2 is 1.77 bits per heavy atom. The van der Waals surface area contributed by atoms with Crippen molar-refractivity contribution in [3.63, 3.8) is 0 Å². The lowest BCUT2D eigenvalue weighted by Gasteiger charge is -2.21. The van der Waals surface area contributed by atoms with E-state index in [-0.39, 0.29) is 41.1 Å². The third kappa shape index (κ3) is 6.46. The zero-order chi connectivity index (χ0) is 30.8. The van der Waals surface area contributed by atoms with Crippen molar-refractivity contribution in [2.45, 2.75) is 44.8 Å². The maximum absolute atomic E-state index is 15.1. The molecular weight excluding hydrogens is 574 g/mol. The number of ether oxygens (including phenoxy) is 1. The van der Waals surface area contributed by atoms with E-state index in [4.69, 9.17) is 4.74 Å². The predicted molar refractivity (Wildman–Crippen MR) is 157 cm³/mol. The van der Waals surface area contributed by atoms with Crippen molar-refractivity contribution < 1.29 is 23.1 Å². The Hall–Kier alpha value is -5.07. The monoisotopic (exact) mass is 604 g/mol. The fraction of sp³-hybridized carbons (Fsp3) is 0.323. The highest BCUT2D eigenvalue weighted by Gasteiger charge is 2.27. The number of likely N-dealkylation sites (tertiary alicyclic amines) is 1. The van der Waals surface area contributed by atoms with Gasteiger partial charge in [-0.2, -0.15) is 0 Å². The number of rotatable bonds is 8. The summed E-state index contributed by atoms with van der Waals surface area (Å²) in [6.45, 7) is 1.69. The second-order valence-electron chi connectivity index (χ2n) is 11.0. The number of amides is 3. The van der Waals surface area contributed by atoms with E-state index >= 15 is 4.39 Å². The second kappa shape index (κ2) is 12.3. The van der Waals surface area contributed by atoms with Gasteiger partial charge in [0.2, 0.25) is 0 Å². The van der Waals surface area contributed by atoms with Crippen LogP contribution in [0.15, 0.2) is 82.1 Å². The molecule has 3 aliphatic rings. The number of hydrogen-bond donors (Lipinski definition) is 2. The maximum Gasteiger partial charge on any atom is 0.335 e. The number of carbonyl (C=O) groups is 2. The molecule has 1 saturated heterocycles. The van der Waals surface area contributed by atoms with Crippen LogP contribution in [0.2, 0.25) is 0 Å². The van der Waals surface area contributed by atoms with Gasteiger partial charge < -0.3 is 15.0 Å². The third-order valence-electron chi connectivity index (χ3n) is 7.69. The summed E-state index contributed by atoms with van der Waals surface area (Å²) < 4.78 is 36.6. The average Bonchev–Trinajstić information content (AvgIpc) is 3.64. The van der Waals surface area contributed by atoms with E-state index in [1.165, 1.54) is 35.2 Å². The highest BCUT2D eigenvalue weighted by molar-refractivity contribution is 5.95. The fourth-order valence-corrected chi connectivity index (χ4v) is 5.15. The molecule has 2 fully saturated rings. The van der Waals surface area contributed by atoms with Crippen LogP contribution in [0.3, 0.4) is 0 Å². The van der Waals surface area contributed by atoms with Crippen molar-refractivity contribution in [3.8, 4) is 11.4 Å². The van der Waals surface area contributed by atoms with Crippen molar-refractivity contribution in [1.29, 1.82) is 0 Å². The normalized spacial score (nSPS) is 18.0. The minimum atomic E-state index is -0.990. The Balaban J connectivity index is 1.16. The number of benzene rings is 1. The first-order valence-corrected chi connectivity index (χ1v) is 14.4. The summed E-state index contributed by atoms with van der Waals surface area (Å²) in [5.74, 6) is -1.19. The number of urea groups is 1. The summed E-state index contributed by atoms with van der Waals surface area (Å²) in [5, 5.41) is 5.27. The Kier molecular flexibility index (Phi) is 8.09. The number of nitrogens with zero attached hydrogens (tertiary/aromatic N) is 4. The van der Waals surface area contributed by atoms with Crippen LogP contribution < -0.4 is 26.6 Å². The number of anilines is 1. The summed E-state index contributed by atoms with van der Waals surface area (Å²) in [5.41, 5.74) is -1.59. The molecule has 2 aliphatic carbocycles. The molecule has 1 saturated carbocycles. The third-order valence-corrected chi connectivity index (χ3v) is 7.69. The number of nitrogens with one attached hydrogen (secondary N) is 2. The average molecular weight is 605 g/mol. The molecule has 1 unspecified atom stereocenters. The van der Waals surface area contributed by atoms with E-state index in [0.29, 0.717) is 25.4 Å². The zero-order valence-electron chi connectivity index (χ0n) is 23.7. The molecular formula is C31H30F2N6O5. The van der Waals surface area contributed by atoms with Gasteiger partial charge in [-0.05, 0) is 68.0 Å². The number of pyridine rings is 1. The Labute approximate surface area is 250 Å². The van der Waals surface area contributed by atoms with Crippen LogP contribution in [0.25, 0.3) is 5.69 Å². The Morgan fingerprint density at radius 1 is 1.02 bits per heavy atom. The standard InChI is InChI=1S/C31H30F2N6O5/c32-20-5-8-22(9-6-20)39-29(41)24(18-38(31(39)43)17-19-3-4-19)28(40)35-21-7-10-26(25(33)15-21)44-23-11-12-34-27(16-23)36-30(42)37-13-1-2-14-37/h5-9,11-12,15-16,18-19,26H,1-4,10,13-14,17H2,(H,35,40)(H,34,36,42). The quantitative estimate of drug-likeness (QED) is 0.402. The number of hydrogen-bond acceptors (Lipinski definition) is 6. The topological polar surface area (TPSA) is 128 Å². The van der Waals surface area contributed by atoms with E-state index in [2.05, 4.69) is 15.6 Å². The van der Waals surface area contributed by atoms with Gasteiger partial charge in [0.25, 0.3) is 11.5 Å². The number of allylic oxidation sites excluding steroid dienone is 1. The van der Waals surface area contributed by atoms with Crippen LogP contribution in [0.4, 0.5) is 19.4 Å². The maximum atomic E-state index is 15.1. The van der Waals surface area contributed by atoms with E-state index < -0.39 is 34.9 Å². The summed E-state index contributed by atoms with van der Waals surface area (Å²) >= 11 is 0. The van der Waals surface area contributed by atoms with Gasteiger partial charge in [-0.25, -0.2) is 27.9 Å². The summed E-state index contributed by atoms with van der Waals surface area (Å²) in [4.78, 5) is 58.0. The first-order chi connectivity index (χ1) is 21.2. The van der Waals surface area contributed by atoms with Crippen molar-refractivity contribution in [1.82, 2.24) is 24.3 Å². The molecule has 13 heteroatoms. The molecule has 0 spiro atoms. The van der Waals surface area contributed by atoms with Crippen LogP contribution >= 0.6 is 0 Å². The van der Waals surface area contributed by atoms with Crippen LogP contribution in [0, 0.1) is 11.7 Å². The summed E-state index contributed by atoms with van der Waals surface area (Å²) in [7, 11) is 0. The molecule has 11 nitrogen and oxygen atoms in total. The van der Waals surface area contributed by atoms with Crippen molar-refractivity contribution >= 4 is 17.8 Å². The van der Waals surface area contributed by atoms with Gasteiger partial charge in [-0.15, -0.1) is 0 Å². The van der Waals surface area contributed by atoms with Crippen LogP contribution in [-0.2, 0) is 6.54 Å². The Morgan fingerprint density at radius 3 is 2.48 bits per heavy atom. The smallest absolute Gasteiger partial charge is 0.335 e. The van der Waals surface area contributed by atoms with Crippen molar-refractivity contribution in [2.75, 3.05) is 18.4 Å². The number of aromatic nitrogens is 3. The molecule has 3 amide bonds. The highest BCUT2D eigenvalue weighted by atomic mass is 19.1. The SMILES string of the molecule is O=C(NC1=CCC(Oc2ccnc(NC(=O)N3CCCC3)c2)C(F)=C1)c1cn(CC2CC2)c(=O)n(-c2ccc(F)cc2)c1=O. The minimum Gasteiger partial charge on any atom is -0.483 e. The zero-order valence-corrected chi connectivity index (χ0v) is 23.7. The summed E-state index contributed by atoms with van der Waals surface area (Å²) in [6, 6.07) is 7.61. The lowest BCUT2D eigenvalue weighted by molar-refractivity contribution is 0.0963. The van der Waals surface area contributed by atoms with Gasteiger partial charge in [0.1, 0.15) is 28.8 Å². The Bertz CT molecular complexity index is 1770. The van der Waals surface area contributed by atoms with Gasteiger partial charge in [0.05, 0.1) is 5.69 Å². The van der Waals surface area contributed by atoms with E-state index in [1.54, 1.807) is 17.0 Å². The molecule has 1 atom stereocenters. The number of halogens is 2. The largest absolute Gasteiger partial charge is 0.483 e. The highest BCUT2D eigenvalue weighted by Crippen LogP contribution is 2.30. The van der Waals surface area contributed by atoms with Crippen LogP contribution in [0.1, 0.15) is 42.5 Å². The van der Waals surface area contributed by atoms with E-state index in [1.807, 2.05) is 0 Å². The lowest BCUT2D eigenvalue weighted by atomic mass is 10.1. The molecule has 0 bridgehead atoms. The molecule has 0 radical (unpaired) electrons. The van der Waals surface area contributed by atoms with Gasteiger partial charge in [0.15, 0.2) is 6.10 Å². The van der Waals surface area contributed by atoms with Gasteiger partial charge >= 0.3 is 11.7 Å². The van der Waals surface area contributed by atoms with Crippen molar-refractivity contribution in [2.24, 2.45) is 5.92 Å². The van der Waals surface area contributed by atoms with E-state index in [9.17, 15) is 23.6 Å². The predicted octanol–water partition coefficient (Wildman–Crippen LogP) is 3.89. The molecule has 2 aromatic heterocycles. The van der Waals surface area contributed by atoms with E-state index in [0.717, 1.165) is 48.5 Å². The number of carbonyl (C=O) groups excluding carboxylic acids is 2. The molecule has 1 aromatic carbocycles. The van der Waals surface area contributed by atoms with Crippen molar-refractivity contribution in [3.05, 3.63) is 105 Å². The van der Waals surface area contributed by atoms with Gasteiger partial charge in [-0.1, -0.05) is 6.08 Å².